The van der Waals surface area contributed by atoms with Gasteiger partial charge in [0.1, 0.15) is 29.1 Å². The number of benzene rings is 5. The Bertz CT molecular complexity index is 1530. The van der Waals surface area contributed by atoms with Gasteiger partial charge in [-0.1, -0.05) is 91.0 Å². The monoisotopic (exact) mass is 525 g/mol. The molecule has 5 nitrogen and oxygen atoms in total. The Kier molecular flexibility index (Phi) is 7.44. The molecular formula is C35H31N3O2. The molecule has 0 spiro atoms. The van der Waals surface area contributed by atoms with Gasteiger partial charge in [0.05, 0.1) is 18.7 Å². The second-order valence-corrected chi connectivity index (χ2v) is 9.58. The first-order valence-corrected chi connectivity index (χ1v) is 13.5. The van der Waals surface area contributed by atoms with Crippen molar-refractivity contribution >= 4 is 28.6 Å². The van der Waals surface area contributed by atoms with Crippen LogP contribution < -0.4 is 19.7 Å². The second-order valence-electron chi connectivity index (χ2n) is 9.58. The fraction of sp³-hybridized carbons (Fsp3) is 0.114. The lowest BCUT2D eigenvalue weighted by atomic mass is 9.92. The fourth-order valence-corrected chi connectivity index (χ4v) is 5.15. The number of rotatable bonds is 7. The van der Waals surface area contributed by atoms with Gasteiger partial charge in [0.15, 0.2) is 0 Å². The third-order valence-electron chi connectivity index (χ3n) is 7.06. The first-order chi connectivity index (χ1) is 19.8. The Hall–Kier alpha value is -5.03. The summed E-state index contributed by atoms with van der Waals surface area (Å²) in [7, 11) is 1.69. The van der Waals surface area contributed by atoms with Crippen molar-refractivity contribution in [2.45, 2.75) is 6.10 Å². The molecule has 198 valence electrons. The number of ether oxygens (including phenoxy) is 2. The van der Waals surface area contributed by atoms with Crippen molar-refractivity contribution in [2.24, 2.45) is 10.9 Å². The van der Waals surface area contributed by atoms with E-state index in [1.807, 2.05) is 66.7 Å². The molecule has 1 N–H and O–H groups in total. The number of para-hydroxylation sites is 6. The molecule has 0 bridgehead atoms. The average molecular weight is 526 g/mol. The summed E-state index contributed by atoms with van der Waals surface area (Å²) >= 11 is 0. The summed E-state index contributed by atoms with van der Waals surface area (Å²) in [6.45, 7) is 0.558. The van der Waals surface area contributed by atoms with E-state index < -0.39 is 0 Å². The molecule has 0 fully saturated rings. The van der Waals surface area contributed by atoms with E-state index in [2.05, 4.69) is 83.0 Å². The van der Waals surface area contributed by atoms with E-state index in [-0.39, 0.29) is 12.0 Å². The lowest BCUT2D eigenvalue weighted by Gasteiger charge is -2.34. The highest BCUT2D eigenvalue weighted by Gasteiger charge is 2.37. The van der Waals surface area contributed by atoms with Gasteiger partial charge in [0.25, 0.3) is 0 Å². The summed E-state index contributed by atoms with van der Waals surface area (Å²) in [6.07, 6.45) is -0.305. The van der Waals surface area contributed by atoms with Crippen LogP contribution in [0.1, 0.15) is 11.7 Å². The van der Waals surface area contributed by atoms with Crippen LogP contribution in [0.3, 0.4) is 0 Å². The minimum atomic E-state index is -0.305. The standard InChI is InChI=1S/C35H31N3O2/c1-39-32-23-13-11-21-30(32)36-25-29-34(26-15-5-2-6-16-26)40-33-24-14-12-22-31(33)37-35(29)38(27-17-7-3-8-18-27)28-19-9-4-10-20-28/h2-24,29,34,36H,25H2,1H3. The van der Waals surface area contributed by atoms with Crippen LogP contribution in [-0.4, -0.2) is 19.5 Å². The molecular weight excluding hydrogens is 494 g/mol. The molecule has 5 heteroatoms. The smallest absolute Gasteiger partial charge is 0.145 e. The highest BCUT2D eigenvalue weighted by molar-refractivity contribution is 6.07. The molecule has 0 radical (unpaired) electrons. The van der Waals surface area contributed by atoms with Crippen LogP contribution in [0.25, 0.3) is 0 Å². The lowest BCUT2D eigenvalue weighted by molar-refractivity contribution is 0.175. The van der Waals surface area contributed by atoms with Gasteiger partial charge in [-0.3, -0.25) is 4.90 Å². The number of fused-ring (bicyclic) bond motifs is 1. The summed E-state index contributed by atoms with van der Waals surface area (Å²) in [6, 6.07) is 47.2. The SMILES string of the molecule is COc1ccccc1NCC1C(N(c2ccccc2)c2ccccc2)=Nc2ccccc2OC1c1ccccc1. The molecule has 1 heterocycles. The van der Waals surface area contributed by atoms with Gasteiger partial charge < -0.3 is 14.8 Å². The van der Waals surface area contributed by atoms with E-state index in [1.54, 1.807) is 7.11 Å². The quantitative estimate of drug-likeness (QED) is 0.232. The van der Waals surface area contributed by atoms with E-state index in [4.69, 9.17) is 14.5 Å². The van der Waals surface area contributed by atoms with Gasteiger partial charge in [-0.2, -0.15) is 0 Å². The summed E-state index contributed by atoms with van der Waals surface area (Å²) in [5.41, 5.74) is 4.86. The molecule has 6 rings (SSSR count). The maximum Gasteiger partial charge on any atom is 0.145 e. The summed E-state index contributed by atoms with van der Waals surface area (Å²) in [4.78, 5) is 7.60. The molecule has 0 aliphatic carbocycles. The fourth-order valence-electron chi connectivity index (χ4n) is 5.15. The molecule has 2 unspecified atom stereocenters. The second kappa shape index (κ2) is 11.8. The minimum absolute atomic E-state index is 0.180. The van der Waals surface area contributed by atoms with Crippen LogP contribution in [0.2, 0.25) is 0 Å². The van der Waals surface area contributed by atoms with E-state index in [9.17, 15) is 0 Å². The van der Waals surface area contributed by atoms with E-state index in [1.165, 1.54) is 0 Å². The van der Waals surface area contributed by atoms with Crippen LogP contribution in [0.15, 0.2) is 145 Å². The van der Waals surface area contributed by atoms with E-state index in [0.29, 0.717) is 6.54 Å². The van der Waals surface area contributed by atoms with Crippen LogP contribution in [0.4, 0.5) is 22.7 Å². The Morgan fingerprint density at radius 1 is 0.700 bits per heavy atom. The Balaban J connectivity index is 1.54. The Morgan fingerprint density at radius 2 is 1.27 bits per heavy atom. The largest absolute Gasteiger partial charge is 0.495 e. The zero-order valence-corrected chi connectivity index (χ0v) is 22.4. The Morgan fingerprint density at radius 3 is 1.95 bits per heavy atom. The molecule has 0 aromatic heterocycles. The van der Waals surface area contributed by atoms with Crippen LogP contribution in [0.5, 0.6) is 11.5 Å². The van der Waals surface area contributed by atoms with Crippen molar-refractivity contribution in [2.75, 3.05) is 23.9 Å². The molecule has 5 aromatic rings. The molecule has 0 amide bonds. The van der Waals surface area contributed by atoms with Gasteiger partial charge in [0, 0.05) is 17.9 Å². The van der Waals surface area contributed by atoms with Gasteiger partial charge in [-0.15, -0.1) is 0 Å². The zero-order valence-electron chi connectivity index (χ0n) is 22.4. The normalized spacial score (nSPS) is 16.1. The third kappa shape index (κ3) is 5.27. The Labute approximate surface area is 235 Å². The van der Waals surface area contributed by atoms with E-state index in [0.717, 1.165) is 45.6 Å². The predicted molar refractivity (Wildman–Crippen MR) is 163 cm³/mol. The van der Waals surface area contributed by atoms with E-state index >= 15 is 0 Å². The van der Waals surface area contributed by atoms with Gasteiger partial charge >= 0.3 is 0 Å². The molecule has 2 atom stereocenters. The average Bonchev–Trinajstić information content (AvgIpc) is 3.18. The number of hydrogen-bond acceptors (Lipinski definition) is 5. The molecule has 40 heavy (non-hydrogen) atoms. The highest BCUT2D eigenvalue weighted by atomic mass is 16.5. The van der Waals surface area contributed by atoms with Crippen molar-refractivity contribution in [3.05, 3.63) is 145 Å². The van der Waals surface area contributed by atoms with Crippen molar-refractivity contribution < 1.29 is 9.47 Å². The van der Waals surface area contributed by atoms with Gasteiger partial charge in [-0.25, -0.2) is 4.99 Å². The summed E-state index contributed by atoms with van der Waals surface area (Å²) in [5, 5.41) is 3.66. The van der Waals surface area contributed by atoms with Gasteiger partial charge in [0.2, 0.25) is 0 Å². The number of anilines is 3. The number of nitrogens with zero attached hydrogens (tertiary/aromatic N) is 2. The van der Waals surface area contributed by atoms with Crippen LogP contribution in [-0.2, 0) is 0 Å². The molecule has 0 saturated carbocycles. The van der Waals surface area contributed by atoms with Crippen molar-refractivity contribution in [1.82, 2.24) is 0 Å². The maximum atomic E-state index is 6.84. The number of amidine groups is 1. The topological polar surface area (TPSA) is 46.1 Å². The zero-order chi connectivity index (χ0) is 27.1. The minimum Gasteiger partial charge on any atom is -0.495 e. The van der Waals surface area contributed by atoms with Crippen molar-refractivity contribution in [1.29, 1.82) is 0 Å². The van der Waals surface area contributed by atoms with Crippen LogP contribution in [0, 0.1) is 5.92 Å². The summed E-state index contributed by atoms with van der Waals surface area (Å²) < 4.78 is 12.5. The molecule has 1 aliphatic rings. The maximum absolute atomic E-state index is 6.84. The molecule has 1 aliphatic heterocycles. The first-order valence-electron chi connectivity index (χ1n) is 13.5. The summed E-state index contributed by atoms with van der Waals surface area (Å²) in [5.74, 6) is 2.26. The highest BCUT2D eigenvalue weighted by Crippen LogP contribution is 2.42. The molecule has 5 aromatic carbocycles. The third-order valence-corrected chi connectivity index (χ3v) is 7.06. The van der Waals surface area contributed by atoms with Crippen molar-refractivity contribution in [3.63, 3.8) is 0 Å². The van der Waals surface area contributed by atoms with Gasteiger partial charge in [-0.05, 0) is 54.1 Å². The van der Waals surface area contributed by atoms with Crippen LogP contribution >= 0.6 is 0 Å². The predicted octanol–water partition coefficient (Wildman–Crippen LogP) is 8.43. The number of methoxy groups -OCH3 is 1. The van der Waals surface area contributed by atoms with Crippen molar-refractivity contribution in [3.8, 4) is 11.5 Å². The lowest BCUT2D eigenvalue weighted by Crippen LogP contribution is -2.40. The molecule has 0 saturated heterocycles. The number of nitrogens with one attached hydrogen (secondary N) is 1. The first kappa shape index (κ1) is 25.3. The number of hydrogen-bond donors (Lipinski definition) is 1. The number of aliphatic imine (C=N–C) groups is 1.